The van der Waals surface area contributed by atoms with Gasteiger partial charge in [0.1, 0.15) is 11.5 Å². The molecule has 0 spiro atoms. The van der Waals surface area contributed by atoms with Crippen LogP contribution in [0.1, 0.15) is 50.2 Å². The first-order chi connectivity index (χ1) is 11.9. The molecule has 2 heterocycles. The highest BCUT2D eigenvalue weighted by Gasteiger charge is 2.21. The molecule has 0 aliphatic heterocycles. The Balaban J connectivity index is 1.68. The van der Waals surface area contributed by atoms with Gasteiger partial charge in [0.2, 0.25) is 5.89 Å². The molecule has 3 aromatic rings. The fraction of sp³-hybridized carbons (Fsp3) is 0.368. The van der Waals surface area contributed by atoms with Gasteiger partial charge in [0.05, 0.1) is 12.6 Å². The Morgan fingerprint density at radius 1 is 1.08 bits per heavy atom. The first-order valence-corrected chi connectivity index (χ1v) is 9.11. The molecule has 0 fully saturated rings. The first kappa shape index (κ1) is 17.9. The molecule has 0 bridgehead atoms. The van der Waals surface area contributed by atoms with E-state index in [-0.39, 0.29) is 12.0 Å². The van der Waals surface area contributed by atoms with Gasteiger partial charge in [-0.25, -0.2) is 0 Å². The summed E-state index contributed by atoms with van der Waals surface area (Å²) in [6, 6.07) is 12.1. The van der Waals surface area contributed by atoms with Gasteiger partial charge in [-0.2, -0.15) is 4.98 Å². The lowest BCUT2D eigenvalue weighted by molar-refractivity contribution is 0.190. The molecule has 5 nitrogen and oxygen atoms in total. The second-order valence-electron chi connectivity index (χ2n) is 6.51. The van der Waals surface area contributed by atoms with Gasteiger partial charge < -0.3 is 8.94 Å². The average Bonchev–Trinajstić information content (AvgIpc) is 3.24. The monoisotopic (exact) mass is 403 g/mol. The van der Waals surface area contributed by atoms with Gasteiger partial charge in [0, 0.05) is 16.0 Å². The Hall–Kier alpha value is -1.92. The summed E-state index contributed by atoms with van der Waals surface area (Å²) in [4.78, 5) is 6.61. The summed E-state index contributed by atoms with van der Waals surface area (Å²) in [7, 11) is 2.02. The third-order valence-electron chi connectivity index (χ3n) is 4.19. The van der Waals surface area contributed by atoms with Crippen LogP contribution in [-0.4, -0.2) is 22.1 Å². The van der Waals surface area contributed by atoms with Crippen molar-refractivity contribution in [2.24, 2.45) is 0 Å². The minimum atomic E-state index is 0.0150. The van der Waals surface area contributed by atoms with Gasteiger partial charge in [-0.15, -0.1) is 0 Å². The minimum Gasteiger partial charge on any atom is -0.460 e. The summed E-state index contributed by atoms with van der Waals surface area (Å²) in [5.41, 5.74) is 1.06. The molecule has 0 saturated heterocycles. The minimum absolute atomic E-state index is 0.0150. The van der Waals surface area contributed by atoms with Gasteiger partial charge in [-0.05, 0) is 38.2 Å². The lowest BCUT2D eigenvalue weighted by Gasteiger charge is -2.20. The van der Waals surface area contributed by atoms with E-state index in [2.05, 4.69) is 51.7 Å². The van der Waals surface area contributed by atoms with Crippen LogP contribution in [0.4, 0.5) is 0 Å². The van der Waals surface area contributed by atoms with E-state index in [9.17, 15) is 0 Å². The smallest absolute Gasteiger partial charge is 0.243 e. The van der Waals surface area contributed by atoms with E-state index in [1.54, 1.807) is 0 Å². The van der Waals surface area contributed by atoms with Crippen LogP contribution in [-0.2, 0) is 6.54 Å². The summed E-state index contributed by atoms with van der Waals surface area (Å²) in [5.74, 6) is 3.39. The summed E-state index contributed by atoms with van der Waals surface area (Å²) in [6.45, 7) is 6.82. The standard InChI is InChI=1S/C19H22BrN3O2/c1-12(2)18-21-19(25-22-18)13(3)23(4)11-16-9-10-17(24-16)14-5-7-15(20)8-6-14/h5-10,12-13H,11H2,1-4H3/t13-/m0/s1. The molecule has 25 heavy (non-hydrogen) atoms. The average molecular weight is 404 g/mol. The molecule has 132 valence electrons. The summed E-state index contributed by atoms with van der Waals surface area (Å²) in [5, 5.41) is 4.04. The van der Waals surface area contributed by atoms with Crippen LogP contribution in [0.2, 0.25) is 0 Å². The Morgan fingerprint density at radius 2 is 1.80 bits per heavy atom. The van der Waals surface area contributed by atoms with Gasteiger partial charge in [0.15, 0.2) is 5.82 Å². The second kappa shape index (κ2) is 7.54. The van der Waals surface area contributed by atoms with Crippen LogP contribution in [0.25, 0.3) is 11.3 Å². The third kappa shape index (κ3) is 4.19. The lowest BCUT2D eigenvalue weighted by atomic mass is 10.2. The largest absolute Gasteiger partial charge is 0.460 e. The highest BCUT2D eigenvalue weighted by atomic mass is 79.9. The number of hydrogen-bond donors (Lipinski definition) is 0. The van der Waals surface area contributed by atoms with Crippen molar-refractivity contribution in [1.29, 1.82) is 0 Å². The zero-order valence-corrected chi connectivity index (χ0v) is 16.4. The highest BCUT2D eigenvalue weighted by Crippen LogP contribution is 2.26. The van der Waals surface area contributed by atoms with Crippen molar-refractivity contribution in [1.82, 2.24) is 15.0 Å². The maximum Gasteiger partial charge on any atom is 0.243 e. The van der Waals surface area contributed by atoms with Gasteiger partial charge in [-0.1, -0.05) is 47.1 Å². The van der Waals surface area contributed by atoms with E-state index in [1.165, 1.54) is 0 Å². The maximum atomic E-state index is 5.99. The number of aromatic nitrogens is 2. The van der Waals surface area contributed by atoms with Crippen molar-refractivity contribution < 1.29 is 8.94 Å². The van der Waals surface area contributed by atoms with E-state index < -0.39 is 0 Å². The molecule has 1 aromatic carbocycles. The molecular weight excluding hydrogens is 382 g/mol. The molecule has 6 heteroatoms. The number of nitrogens with zero attached hydrogens (tertiary/aromatic N) is 3. The van der Waals surface area contributed by atoms with E-state index in [0.717, 1.165) is 27.4 Å². The highest BCUT2D eigenvalue weighted by molar-refractivity contribution is 9.10. The van der Waals surface area contributed by atoms with Crippen LogP contribution >= 0.6 is 15.9 Å². The topological polar surface area (TPSA) is 55.3 Å². The van der Waals surface area contributed by atoms with Crippen molar-refractivity contribution >= 4 is 15.9 Å². The van der Waals surface area contributed by atoms with Crippen LogP contribution in [0.3, 0.4) is 0 Å². The van der Waals surface area contributed by atoms with Crippen LogP contribution in [0.5, 0.6) is 0 Å². The predicted molar refractivity (Wildman–Crippen MR) is 100 cm³/mol. The first-order valence-electron chi connectivity index (χ1n) is 8.32. The molecule has 0 saturated carbocycles. The molecule has 0 amide bonds. The molecule has 0 unspecified atom stereocenters. The number of hydrogen-bond acceptors (Lipinski definition) is 5. The summed E-state index contributed by atoms with van der Waals surface area (Å²) < 4.78 is 12.4. The van der Waals surface area contributed by atoms with Crippen molar-refractivity contribution in [2.45, 2.75) is 39.3 Å². The van der Waals surface area contributed by atoms with Crippen LogP contribution in [0, 0.1) is 0 Å². The molecule has 3 rings (SSSR count). The fourth-order valence-corrected chi connectivity index (χ4v) is 2.72. The van der Waals surface area contributed by atoms with Gasteiger partial charge >= 0.3 is 0 Å². The zero-order valence-electron chi connectivity index (χ0n) is 14.9. The van der Waals surface area contributed by atoms with E-state index in [1.807, 2.05) is 43.4 Å². The van der Waals surface area contributed by atoms with Crippen molar-refractivity contribution in [3.63, 3.8) is 0 Å². The van der Waals surface area contributed by atoms with Gasteiger partial charge in [-0.3, -0.25) is 4.90 Å². The van der Waals surface area contributed by atoms with Crippen LogP contribution in [0.15, 0.2) is 49.8 Å². The van der Waals surface area contributed by atoms with Crippen molar-refractivity contribution in [3.8, 4) is 11.3 Å². The molecule has 0 aliphatic carbocycles. The normalized spacial score (nSPS) is 12.9. The van der Waals surface area contributed by atoms with E-state index in [0.29, 0.717) is 12.4 Å². The zero-order chi connectivity index (χ0) is 18.0. The Bertz CT molecular complexity index is 823. The molecule has 1 atom stereocenters. The second-order valence-corrected chi connectivity index (χ2v) is 7.43. The van der Waals surface area contributed by atoms with Crippen molar-refractivity contribution in [3.05, 3.63) is 58.3 Å². The number of benzene rings is 1. The molecular formula is C19H22BrN3O2. The van der Waals surface area contributed by atoms with Crippen LogP contribution < -0.4 is 0 Å². The number of halogens is 1. The SMILES string of the molecule is CC(C)c1noc([C@H](C)N(C)Cc2ccc(-c3ccc(Br)cc3)o2)n1. The molecule has 0 aliphatic rings. The van der Waals surface area contributed by atoms with E-state index in [4.69, 9.17) is 8.94 Å². The lowest BCUT2D eigenvalue weighted by Crippen LogP contribution is -2.22. The van der Waals surface area contributed by atoms with Crippen molar-refractivity contribution in [2.75, 3.05) is 7.05 Å². The maximum absolute atomic E-state index is 5.99. The Morgan fingerprint density at radius 3 is 2.44 bits per heavy atom. The molecule has 0 radical (unpaired) electrons. The Labute approximate surface area is 156 Å². The summed E-state index contributed by atoms with van der Waals surface area (Å²) >= 11 is 3.45. The number of furan rings is 1. The Kier molecular flexibility index (Phi) is 5.39. The van der Waals surface area contributed by atoms with E-state index >= 15 is 0 Å². The summed E-state index contributed by atoms with van der Waals surface area (Å²) in [6.07, 6.45) is 0. The molecule has 0 N–H and O–H groups in total. The third-order valence-corrected chi connectivity index (χ3v) is 4.72. The fourth-order valence-electron chi connectivity index (χ4n) is 2.45. The number of rotatable bonds is 6. The quantitative estimate of drug-likeness (QED) is 0.550. The predicted octanol–water partition coefficient (Wildman–Crippen LogP) is 5.41. The van der Waals surface area contributed by atoms with Gasteiger partial charge in [0.25, 0.3) is 0 Å². The molecule has 2 aromatic heterocycles.